The van der Waals surface area contributed by atoms with Crippen molar-refractivity contribution in [2.75, 3.05) is 25.1 Å². The highest BCUT2D eigenvalue weighted by Crippen LogP contribution is 2.18. The summed E-state index contributed by atoms with van der Waals surface area (Å²) in [6, 6.07) is 7.75. The smallest absolute Gasteiger partial charge is 0.119 e. The lowest BCUT2D eigenvalue weighted by molar-refractivity contribution is 0.125. The van der Waals surface area contributed by atoms with Gasteiger partial charge in [-0.1, -0.05) is 6.92 Å². The van der Waals surface area contributed by atoms with E-state index in [-0.39, 0.29) is 6.04 Å². The van der Waals surface area contributed by atoms with Crippen LogP contribution in [0.5, 0.6) is 5.75 Å². The largest absolute Gasteiger partial charge is 0.494 e. The van der Waals surface area contributed by atoms with Crippen LogP contribution in [-0.4, -0.2) is 37.1 Å². The fraction of sp³-hybridized carbons (Fsp3) is 0.538. The molecule has 2 atom stereocenters. The Bertz CT molecular complexity index is 339. The average Bonchev–Trinajstić information content (AvgIpc) is 2.74. The molecule has 2 unspecified atom stereocenters. The van der Waals surface area contributed by atoms with Crippen LogP contribution in [0.1, 0.15) is 13.3 Å². The Morgan fingerprint density at radius 3 is 2.71 bits per heavy atom. The van der Waals surface area contributed by atoms with E-state index in [1.807, 2.05) is 24.3 Å². The Labute approximate surface area is 102 Å². The van der Waals surface area contributed by atoms with E-state index in [9.17, 15) is 5.11 Å². The molecule has 4 heteroatoms. The van der Waals surface area contributed by atoms with Crippen molar-refractivity contribution in [3.63, 3.8) is 0 Å². The zero-order valence-electron chi connectivity index (χ0n) is 10.1. The second-order valence-electron chi connectivity index (χ2n) is 4.23. The average molecular weight is 237 g/mol. The summed E-state index contributed by atoms with van der Waals surface area (Å²) in [4.78, 5) is 0. The van der Waals surface area contributed by atoms with E-state index in [2.05, 4.69) is 12.2 Å². The molecule has 94 valence electrons. The van der Waals surface area contributed by atoms with Gasteiger partial charge in [-0.2, -0.15) is 0 Å². The number of hydrogen-bond acceptors (Lipinski definition) is 4. The van der Waals surface area contributed by atoms with E-state index < -0.39 is 6.10 Å². The van der Waals surface area contributed by atoms with E-state index >= 15 is 0 Å². The highest BCUT2D eigenvalue weighted by atomic mass is 16.5. The van der Waals surface area contributed by atoms with Crippen molar-refractivity contribution < 1.29 is 14.6 Å². The molecule has 0 bridgehead atoms. The summed E-state index contributed by atoms with van der Waals surface area (Å²) in [6.45, 7) is 3.78. The Kier molecular flexibility index (Phi) is 4.23. The maximum Gasteiger partial charge on any atom is 0.119 e. The number of benzene rings is 1. The van der Waals surface area contributed by atoms with Gasteiger partial charge in [-0.15, -0.1) is 0 Å². The highest BCUT2D eigenvalue weighted by Gasteiger charge is 2.25. The number of ether oxygens (including phenoxy) is 2. The van der Waals surface area contributed by atoms with Crippen LogP contribution in [0.15, 0.2) is 24.3 Å². The molecule has 2 rings (SSSR count). The summed E-state index contributed by atoms with van der Waals surface area (Å²) in [6.07, 6.45) is 0.581. The predicted molar refractivity (Wildman–Crippen MR) is 66.5 cm³/mol. The Balaban J connectivity index is 1.89. The van der Waals surface area contributed by atoms with E-state index in [0.29, 0.717) is 13.2 Å². The second-order valence-corrected chi connectivity index (χ2v) is 4.23. The summed E-state index contributed by atoms with van der Waals surface area (Å²) in [5.74, 6) is 0.876. The van der Waals surface area contributed by atoms with Gasteiger partial charge in [-0.05, 0) is 30.7 Å². The Morgan fingerprint density at radius 1 is 1.35 bits per heavy atom. The minimum atomic E-state index is -0.425. The lowest BCUT2D eigenvalue weighted by Gasteiger charge is -2.16. The molecule has 2 N–H and O–H groups in total. The van der Waals surface area contributed by atoms with Crippen LogP contribution in [0.2, 0.25) is 0 Å². The number of anilines is 1. The van der Waals surface area contributed by atoms with E-state index in [1.165, 1.54) is 0 Å². The molecule has 1 saturated heterocycles. The van der Waals surface area contributed by atoms with Gasteiger partial charge in [0.05, 0.1) is 32.0 Å². The van der Waals surface area contributed by atoms with Crippen LogP contribution in [0, 0.1) is 0 Å². The second kappa shape index (κ2) is 5.89. The van der Waals surface area contributed by atoms with Crippen LogP contribution in [-0.2, 0) is 4.74 Å². The van der Waals surface area contributed by atoms with E-state index in [4.69, 9.17) is 9.47 Å². The molecule has 1 fully saturated rings. The topological polar surface area (TPSA) is 50.7 Å². The number of hydrogen-bond donors (Lipinski definition) is 2. The van der Waals surface area contributed by atoms with E-state index in [0.717, 1.165) is 24.5 Å². The maximum atomic E-state index is 9.61. The molecular weight excluding hydrogens is 218 g/mol. The summed E-state index contributed by atoms with van der Waals surface area (Å²) >= 11 is 0. The van der Waals surface area contributed by atoms with Gasteiger partial charge >= 0.3 is 0 Å². The standard InChI is InChI=1S/C13H19NO3/c1-2-7-17-11-5-3-10(4-6-11)14-12-8-16-9-13(12)15/h3-6,12-15H,2,7-9H2,1H3. The first kappa shape index (κ1) is 12.2. The predicted octanol–water partition coefficient (Wildman–Crippen LogP) is 1.65. The molecule has 1 aliphatic rings. The summed E-state index contributed by atoms with van der Waals surface area (Å²) in [7, 11) is 0. The van der Waals surface area contributed by atoms with Crippen molar-refractivity contribution in [1.82, 2.24) is 0 Å². The molecule has 1 heterocycles. The first-order chi connectivity index (χ1) is 8.29. The molecule has 1 aliphatic heterocycles. The van der Waals surface area contributed by atoms with Gasteiger partial charge in [0.25, 0.3) is 0 Å². The molecule has 1 aromatic rings. The molecule has 0 saturated carbocycles. The molecule has 0 amide bonds. The number of rotatable bonds is 5. The molecule has 0 aromatic heterocycles. The summed E-state index contributed by atoms with van der Waals surface area (Å²) in [5.41, 5.74) is 0.975. The van der Waals surface area contributed by atoms with Gasteiger partial charge in [0, 0.05) is 5.69 Å². The number of nitrogens with one attached hydrogen (secondary N) is 1. The SMILES string of the molecule is CCCOc1ccc(NC2COCC2O)cc1. The molecule has 0 radical (unpaired) electrons. The van der Waals surface area contributed by atoms with Crippen molar-refractivity contribution >= 4 is 5.69 Å². The van der Waals surface area contributed by atoms with Gasteiger partial charge < -0.3 is 19.9 Å². The van der Waals surface area contributed by atoms with E-state index in [1.54, 1.807) is 0 Å². The van der Waals surface area contributed by atoms with Crippen molar-refractivity contribution in [3.05, 3.63) is 24.3 Å². The maximum absolute atomic E-state index is 9.61. The van der Waals surface area contributed by atoms with Crippen LogP contribution in [0.4, 0.5) is 5.69 Å². The molecule has 0 aliphatic carbocycles. The minimum Gasteiger partial charge on any atom is -0.494 e. The van der Waals surface area contributed by atoms with Gasteiger partial charge in [0.15, 0.2) is 0 Å². The van der Waals surface area contributed by atoms with Crippen LogP contribution in [0.3, 0.4) is 0 Å². The van der Waals surface area contributed by atoms with Crippen molar-refractivity contribution in [2.45, 2.75) is 25.5 Å². The third-order valence-corrected chi connectivity index (χ3v) is 2.73. The van der Waals surface area contributed by atoms with Crippen molar-refractivity contribution in [1.29, 1.82) is 0 Å². The lowest BCUT2D eigenvalue weighted by atomic mass is 10.2. The number of aliphatic hydroxyl groups excluding tert-OH is 1. The lowest BCUT2D eigenvalue weighted by Crippen LogP contribution is -2.31. The molecule has 17 heavy (non-hydrogen) atoms. The van der Waals surface area contributed by atoms with Crippen LogP contribution in [0.25, 0.3) is 0 Å². The number of aliphatic hydroxyl groups is 1. The van der Waals surface area contributed by atoms with Gasteiger partial charge in [0.2, 0.25) is 0 Å². The zero-order valence-corrected chi connectivity index (χ0v) is 10.1. The molecule has 0 spiro atoms. The van der Waals surface area contributed by atoms with Gasteiger partial charge in [0.1, 0.15) is 5.75 Å². The fourth-order valence-electron chi connectivity index (χ4n) is 1.76. The van der Waals surface area contributed by atoms with Gasteiger partial charge in [-0.25, -0.2) is 0 Å². The molecule has 1 aromatic carbocycles. The Hall–Kier alpha value is -1.26. The quantitative estimate of drug-likeness (QED) is 0.817. The third-order valence-electron chi connectivity index (χ3n) is 2.73. The summed E-state index contributed by atoms with van der Waals surface area (Å²) < 4.78 is 10.7. The first-order valence-corrected chi connectivity index (χ1v) is 6.05. The van der Waals surface area contributed by atoms with Crippen molar-refractivity contribution in [3.8, 4) is 5.75 Å². The first-order valence-electron chi connectivity index (χ1n) is 6.05. The van der Waals surface area contributed by atoms with Crippen LogP contribution < -0.4 is 10.1 Å². The zero-order chi connectivity index (χ0) is 12.1. The normalized spacial score (nSPS) is 23.6. The summed E-state index contributed by atoms with van der Waals surface area (Å²) in [5, 5.41) is 12.9. The highest BCUT2D eigenvalue weighted by molar-refractivity contribution is 5.47. The van der Waals surface area contributed by atoms with Crippen LogP contribution >= 0.6 is 0 Å². The Morgan fingerprint density at radius 2 is 2.12 bits per heavy atom. The van der Waals surface area contributed by atoms with Crippen molar-refractivity contribution in [2.24, 2.45) is 0 Å². The monoisotopic (exact) mass is 237 g/mol. The third kappa shape index (κ3) is 3.35. The molecular formula is C13H19NO3. The fourth-order valence-corrected chi connectivity index (χ4v) is 1.76. The van der Waals surface area contributed by atoms with Gasteiger partial charge in [-0.3, -0.25) is 0 Å². The minimum absolute atomic E-state index is 0.0163. The molecule has 4 nitrogen and oxygen atoms in total.